The highest BCUT2D eigenvalue weighted by Gasteiger charge is 2.27. The lowest BCUT2D eigenvalue weighted by molar-refractivity contribution is 0.725. The van der Waals surface area contributed by atoms with Crippen molar-refractivity contribution in [3.05, 3.63) is 77.9 Å². The van der Waals surface area contributed by atoms with Crippen LogP contribution in [0.3, 0.4) is 0 Å². The SMILES string of the molecule is [2H]c1cncc(-n2cc3c(n2)C(c2ccccc2)CC3)c1. The zero-order chi connectivity index (χ0) is 14.2. The molecular formula is C17H15N3. The van der Waals surface area contributed by atoms with Gasteiger partial charge >= 0.3 is 0 Å². The van der Waals surface area contributed by atoms with Gasteiger partial charge in [-0.25, -0.2) is 4.68 Å². The van der Waals surface area contributed by atoms with Gasteiger partial charge in [-0.1, -0.05) is 30.3 Å². The lowest BCUT2D eigenvalue weighted by atomic mass is 9.97. The van der Waals surface area contributed by atoms with Gasteiger partial charge in [-0.2, -0.15) is 5.10 Å². The number of fused-ring (bicyclic) bond motifs is 1. The van der Waals surface area contributed by atoms with E-state index in [4.69, 9.17) is 6.47 Å². The molecule has 20 heavy (non-hydrogen) atoms. The zero-order valence-corrected chi connectivity index (χ0v) is 11.0. The van der Waals surface area contributed by atoms with Crippen LogP contribution in [0.1, 0.15) is 30.5 Å². The third kappa shape index (κ3) is 1.83. The molecule has 1 aromatic carbocycles. The fourth-order valence-corrected chi connectivity index (χ4v) is 2.93. The first-order valence-corrected chi connectivity index (χ1v) is 6.87. The van der Waals surface area contributed by atoms with Crippen LogP contribution < -0.4 is 0 Å². The van der Waals surface area contributed by atoms with Crippen molar-refractivity contribution in [3.63, 3.8) is 0 Å². The van der Waals surface area contributed by atoms with Gasteiger partial charge in [-0.3, -0.25) is 4.98 Å². The van der Waals surface area contributed by atoms with Crippen LogP contribution >= 0.6 is 0 Å². The number of benzene rings is 1. The summed E-state index contributed by atoms with van der Waals surface area (Å²) in [5.41, 5.74) is 4.65. The molecule has 2 aromatic heterocycles. The highest BCUT2D eigenvalue weighted by molar-refractivity contribution is 5.39. The number of hydrogen-bond acceptors (Lipinski definition) is 2. The molecule has 1 atom stereocenters. The molecule has 4 rings (SSSR count). The van der Waals surface area contributed by atoms with Crippen molar-refractivity contribution >= 4 is 0 Å². The molecule has 1 aliphatic rings. The Morgan fingerprint density at radius 1 is 1.20 bits per heavy atom. The minimum absolute atomic E-state index is 0.384. The number of rotatable bonds is 2. The lowest BCUT2D eigenvalue weighted by Gasteiger charge is -2.09. The molecular weight excluding hydrogens is 246 g/mol. The largest absolute Gasteiger partial charge is 0.262 e. The van der Waals surface area contributed by atoms with E-state index >= 15 is 0 Å². The second-order valence-corrected chi connectivity index (χ2v) is 5.13. The van der Waals surface area contributed by atoms with Gasteiger partial charge < -0.3 is 0 Å². The third-order valence-corrected chi connectivity index (χ3v) is 3.91. The normalized spacial score (nSPS) is 17.8. The Morgan fingerprint density at radius 2 is 2.10 bits per heavy atom. The van der Waals surface area contributed by atoms with Crippen LogP contribution in [0.4, 0.5) is 0 Å². The second kappa shape index (κ2) is 4.60. The number of pyridine rings is 1. The number of aryl methyl sites for hydroxylation is 1. The molecule has 0 bridgehead atoms. The maximum Gasteiger partial charge on any atom is 0.0828 e. The Bertz CT molecular complexity index is 780. The van der Waals surface area contributed by atoms with Crippen molar-refractivity contribution in [1.29, 1.82) is 0 Å². The molecule has 0 amide bonds. The maximum atomic E-state index is 7.68. The molecule has 0 aliphatic heterocycles. The number of aromatic nitrogens is 3. The number of nitrogens with zero attached hydrogens (tertiary/aromatic N) is 3. The van der Waals surface area contributed by atoms with E-state index in [1.54, 1.807) is 12.3 Å². The van der Waals surface area contributed by atoms with Gasteiger partial charge in [0, 0.05) is 18.3 Å². The van der Waals surface area contributed by atoms with Crippen molar-refractivity contribution in [3.8, 4) is 5.69 Å². The molecule has 3 heteroatoms. The molecule has 0 spiro atoms. The summed E-state index contributed by atoms with van der Waals surface area (Å²) in [4.78, 5) is 4.07. The van der Waals surface area contributed by atoms with Gasteiger partial charge in [-0.15, -0.1) is 0 Å². The molecule has 0 N–H and O–H groups in total. The van der Waals surface area contributed by atoms with Crippen LogP contribution in [-0.2, 0) is 6.42 Å². The summed E-state index contributed by atoms with van der Waals surface area (Å²) < 4.78 is 9.53. The predicted octanol–water partition coefficient (Wildman–Crippen LogP) is 3.35. The van der Waals surface area contributed by atoms with Crippen LogP contribution in [0.5, 0.6) is 0 Å². The highest BCUT2D eigenvalue weighted by atomic mass is 15.3. The summed E-state index contributed by atoms with van der Waals surface area (Å²) in [5.74, 6) is 0.384. The van der Waals surface area contributed by atoms with Crippen molar-refractivity contribution in [1.82, 2.24) is 14.8 Å². The predicted molar refractivity (Wildman–Crippen MR) is 78.0 cm³/mol. The quantitative estimate of drug-likeness (QED) is 0.709. The van der Waals surface area contributed by atoms with Gasteiger partial charge in [0.15, 0.2) is 0 Å². The molecule has 0 fully saturated rings. The molecule has 1 aliphatic carbocycles. The summed E-state index contributed by atoms with van der Waals surface area (Å²) in [6.07, 6.45) is 7.54. The van der Waals surface area contributed by atoms with Crippen LogP contribution in [0.15, 0.2) is 61.0 Å². The second-order valence-electron chi connectivity index (χ2n) is 5.13. The van der Waals surface area contributed by atoms with Crippen LogP contribution in [0, 0.1) is 0 Å². The van der Waals surface area contributed by atoms with E-state index in [1.807, 2.05) is 10.7 Å². The Morgan fingerprint density at radius 3 is 2.95 bits per heavy atom. The maximum absolute atomic E-state index is 7.68. The standard InChI is InChI=1S/C17H15N3/c1-2-5-13(6-3-1)16-9-8-14-12-20(19-17(14)16)15-7-4-10-18-11-15/h1-7,10-12,16H,8-9H2/i4D. The molecule has 3 nitrogen and oxygen atoms in total. The molecule has 0 saturated heterocycles. The fourth-order valence-electron chi connectivity index (χ4n) is 2.93. The van der Waals surface area contributed by atoms with Gasteiger partial charge in [0.25, 0.3) is 0 Å². The fraction of sp³-hybridized carbons (Fsp3) is 0.176. The molecule has 98 valence electrons. The molecule has 0 saturated carbocycles. The smallest absolute Gasteiger partial charge is 0.0828 e. The minimum Gasteiger partial charge on any atom is -0.262 e. The van der Waals surface area contributed by atoms with Gasteiger partial charge in [0.1, 0.15) is 0 Å². The summed E-state index contributed by atoms with van der Waals surface area (Å²) in [6.45, 7) is 0. The highest BCUT2D eigenvalue weighted by Crippen LogP contribution is 2.37. The van der Waals surface area contributed by atoms with E-state index in [-0.39, 0.29) is 0 Å². The van der Waals surface area contributed by atoms with Gasteiger partial charge in [0.05, 0.1) is 18.9 Å². The summed E-state index contributed by atoms with van der Waals surface area (Å²) >= 11 is 0. The van der Waals surface area contributed by atoms with Crippen LogP contribution in [-0.4, -0.2) is 14.8 Å². The Hall–Kier alpha value is -2.42. The van der Waals surface area contributed by atoms with E-state index in [0.29, 0.717) is 12.0 Å². The summed E-state index contributed by atoms with van der Waals surface area (Å²) in [7, 11) is 0. The van der Waals surface area contributed by atoms with Crippen molar-refractivity contribution < 1.29 is 1.37 Å². The van der Waals surface area contributed by atoms with Gasteiger partial charge in [0.2, 0.25) is 0 Å². The molecule has 2 heterocycles. The van der Waals surface area contributed by atoms with E-state index < -0.39 is 0 Å². The van der Waals surface area contributed by atoms with E-state index in [1.165, 1.54) is 17.3 Å². The number of hydrogen-bond donors (Lipinski definition) is 0. The molecule has 3 aromatic rings. The van der Waals surface area contributed by atoms with Gasteiger partial charge in [-0.05, 0) is 36.1 Å². The first kappa shape index (κ1) is 10.4. The van der Waals surface area contributed by atoms with Crippen molar-refractivity contribution in [2.75, 3.05) is 0 Å². The average Bonchev–Trinajstić information content (AvgIpc) is 3.08. The van der Waals surface area contributed by atoms with E-state index in [9.17, 15) is 0 Å². The summed E-state index contributed by atoms with van der Waals surface area (Å²) in [6, 6.07) is 12.7. The van der Waals surface area contributed by atoms with Crippen molar-refractivity contribution in [2.24, 2.45) is 0 Å². The Balaban J connectivity index is 1.74. The molecule has 1 unspecified atom stereocenters. The average molecular weight is 262 g/mol. The van der Waals surface area contributed by atoms with Crippen LogP contribution in [0.25, 0.3) is 5.69 Å². The monoisotopic (exact) mass is 262 g/mol. The summed E-state index contributed by atoms with van der Waals surface area (Å²) in [5, 5.41) is 4.75. The van der Waals surface area contributed by atoms with Crippen molar-refractivity contribution in [2.45, 2.75) is 18.8 Å². The topological polar surface area (TPSA) is 30.7 Å². The lowest BCUT2D eigenvalue weighted by Crippen LogP contribution is -2.01. The Kier molecular flexibility index (Phi) is 2.39. The third-order valence-electron chi connectivity index (χ3n) is 3.91. The first-order chi connectivity index (χ1) is 10.3. The van der Waals surface area contributed by atoms with Crippen LogP contribution in [0.2, 0.25) is 0 Å². The van der Waals surface area contributed by atoms with E-state index in [0.717, 1.165) is 24.2 Å². The van der Waals surface area contributed by atoms with E-state index in [2.05, 4.69) is 35.4 Å². The first-order valence-electron chi connectivity index (χ1n) is 7.37. The molecule has 0 radical (unpaired) electrons. The zero-order valence-electron chi connectivity index (χ0n) is 12.0. The minimum atomic E-state index is 0.384. The Labute approximate surface area is 119 Å².